The molecule has 0 unspecified atom stereocenters. The predicted octanol–water partition coefficient (Wildman–Crippen LogP) is 2.83. The number of anilines is 1. The minimum Gasteiger partial charge on any atom is -0.493 e. The topological polar surface area (TPSA) is 103 Å². The molecule has 3 aromatic rings. The number of aromatic nitrogens is 3. The zero-order valence-electron chi connectivity index (χ0n) is 19.0. The van der Waals surface area contributed by atoms with E-state index in [1.54, 1.807) is 14.2 Å². The van der Waals surface area contributed by atoms with Gasteiger partial charge >= 0.3 is 0 Å². The minimum absolute atomic E-state index is 0.0687. The second-order valence-electron chi connectivity index (χ2n) is 8.06. The highest BCUT2D eigenvalue weighted by Gasteiger charge is 2.28. The Balaban J connectivity index is 1.39. The first kappa shape index (κ1) is 21.9. The van der Waals surface area contributed by atoms with Crippen LogP contribution in [0.25, 0.3) is 11.1 Å². The highest BCUT2D eigenvalue weighted by molar-refractivity contribution is 5.88. The number of amides is 1. The van der Waals surface area contributed by atoms with Gasteiger partial charge in [-0.25, -0.2) is 4.98 Å². The smallest absolute Gasteiger partial charge is 0.263 e. The van der Waals surface area contributed by atoms with Gasteiger partial charge in [-0.2, -0.15) is 4.98 Å². The average Bonchev–Trinajstić information content (AvgIpc) is 3.18. The maximum atomic E-state index is 12.9. The standard InChI is InChI=1S/C23H29N5O4/c1-14-20-21(25-15(2)26-23(20)32-27-14)28-11-5-6-17(13-28)22(29)24-10-9-16-7-8-18(30-3)19(12-16)31-4/h7-8,12,17H,5-6,9-11,13H2,1-4H3,(H,24,29)/t17-/m1/s1. The Kier molecular flexibility index (Phi) is 6.43. The number of hydrogen-bond acceptors (Lipinski definition) is 8. The number of carbonyl (C=O) groups excluding carboxylic acids is 1. The molecule has 0 radical (unpaired) electrons. The quantitative estimate of drug-likeness (QED) is 0.600. The van der Waals surface area contributed by atoms with Crippen molar-refractivity contribution >= 4 is 22.8 Å². The van der Waals surface area contributed by atoms with Gasteiger partial charge in [0.05, 0.1) is 25.8 Å². The number of rotatable bonds is 7. The first-order chi connectivity index (χ1) is 15.5. The van der Waals surface area contributed by atoms with Gasteiger partial charge in [-0.05, 0) is 50.8 Å². The van der Waals surface area contributed by atoms with Gasteiger partial charge in [0.2, 0.25) is 5.91 Å². The Hall–Kier alpha value is -3.36. The Morgan fingerprint density at radius 2 is 2.03 bits per heavy atom. The molecule has 3 heterocycles. The molecule has 1 aromatic carbocycles. The number of benzene rings is 1. The number of methoxy groups -OCH3 is 2. The summed E-state index contributed by atoms with van der Waals surface area (Å²) in [6.07, 6.45) is 2.49. The number of piperidine rings is 1. The van der Waals surface area contributed by atoms with Gasteiger partial charge in [-0.1, -0.05) is 11.2 Å². The van der Waals surface area contributed by atoms with Crippen LogP contribution in [0, 0.1) is 19.8 Å². The van der Waals surface area contributed by atoms with Gasteiger partial charge in [0.15, 0.2) is 11.5 Å². The summed E-state index contributed by atoms with van der Waals surface area (Å²) in [6.45, 7) is 5.73. The lowest BCUT2D eigenvalue weighted by Gasteiger charge is -2.33. The molecule has 32 heavy (non-hydrogen) atoms. The van der Waals surface area contributed by atoms with Gasteiger partial charge in [-0.3, -0.25) is 4.79 Å². The molecule has 1 aliphatic heterocycles. The van der Waals surface area contributed by atoms with E-state index in [0.29, 0.717) is 42.5 Å². The molecule has 0 spiro atoms. The zero-order chi connectivity index (χ0) is 22.7. The second-order valence-corrected chi connectivity index (χ2v) is 8.06. The highest BCUT2D eigenvalue weighted by Crippen LogP contribution is 2.30. The Morgan fingerprint density at radius 3 is 2.81 bits per heavy atom. The van der Waals surface area contributed by atoms with Crippen molar-refractivity contribution in [1.29, 1.82) is 0 Å². The number of aryl methyl sites for hydroxylation is 2. The fourth-order valence-corrected chi connectivity index (χ4v) is 4.20. The minimum atomic E-state index is -0.0976. The lowest BCUT2D eigenvalue weighted by atomic mass is 9.96. The first-order valence-electron chi connectivity index (χ1n) is 10.8. The molecule has 1 atom stereocenters. The lowest BCUT2D eigenvalue weighted by molar-refractivity contribution is -0.125. The van der Waals surface area contributed by atoms with Crippen LogP contribution >= 0.6 is 0 Å². The summed E-state index contributed by atoms with van der Waals surface area (Å²) in [5.41, 5.74) is 2.33. The van der Waals surface area contributed by atoms with E-state index in [4.69, 9.17) is 14.0 Å². The van der Waals surface area contributed by atoms with Crippen LogP contribution in [0.1, 0.15) is 29.9 Å². The van der Waals surface area contributed by atoms with Crippen LogP contribution < -0.4 is 19.7 Å². The van der Waals surface area contributed by atoms with E-state index in [1.807, 2.05) is 32.0 Å². The Bertz CT molecular complexity index is 1110. The molecule has 170 valence electrons. The Labute approximate surface area is 187 Å². The molecule has 2 aromatic heterocycles. The van der Waals surface area contributed by atoms with Crippen LogP contribution in [0.3, 0.4) is 0 Å². The van der Waals surface area contributed by atoms with E-state index in [1.165, 1.54) is 0 Å². The van der Waals surface area contributed by atoms with Crippen LogP contribution in [0.2, 0.25) is 0 Å². The lowest BCUT2D eigenvalue weighted by Crippen LogP contribution is -2.44. The van der Waals surface area contributed by atoms with Gasteiger partial charge < -0.3 is 24.2 Å². The van der Waals surface area contributed by atoms with E-state index in [0.717, 1.165) is 41.8 Å². The fraction of sp³-hybridized carbons (Fsp3) is 0.478. The summed E-state index contributed by atoms with van der Waals surface area (Å²) >= 11 is 0. The molecule has 0 aliphatic carbocycles. The van der Waals surface area contributed by atoms with Crippen molar-refractivity contribution in [1.82, 2.24) is 20.4 Å². The third-order valence-corrected chi connectivity index (χ3v) is 5.85. The Morgan fingerprint density at radius 1 is 1.22 bits per heavy atom. The van der Waals surface area contributed by atoms with Crippen LogP contribution in [0.5, 0.6) is 11.5 Å². The van der Waals surface area contributed by atoms with E-state index in [2.05, 4.69) is 25.3 Å². The summed E-state index contributed by atoms with van der Waals surface area (Å²) in [6, 6.07) is 5.81. The van der Waals surface area contributed by atoms with Crippen molar-refractivity contribution in [2.75, 3.05) is 38.8 Å². The van der Waals surface area contributed by atoms with Gasteiger partial charge in [-0.15, -0.1) is 0 Å². The average molecular weight is 440 g/mol. The number of ether oxygens (including phenoxy) is 2. The molecular formula is C23H29N5O4. The molecule has 1 N–H and O–H groups in total. The van der Waals surface area contributed by atoms with Crippen molar-refractivity contribution < 1.29 is 18.8 Å². The summed E-state index contributed by atoms with van der Waals surface area (Å²) in [5, 5.41) is 7.96. The monoisotopic (exact) mass is 439 g/mol. The summed E-state index contributed by atoms with van der Waals surface area (Å²) in [4.78, 5) is 24.0. The second kappa shape index (κ2) is 9.42. The van der Waals surface area contributed by atoms with Gasteiger partial charge in [0.25, 0.3) is 5.71 Å². The van der Waals surface area contributed by atoms with Crippen LogP contribution in [0.15, 0.2) is 22.7 Å². The normalized spacial score (nSPS) is 16.2. The first-order valence-corrected chi connectivity index (χ1v) is 10.8. The van der Waals surface area contributed by atoms with Gasteiger partial charge in [0, 0.05) is 19.6 Å². The summed E-state index contributed by atoms with van der Waals surface area (Å²) in [7, 11) is 3.23. The number of carbonyl (C=O) groups is 1. The third kappa shape index (κ3) is 4.46. The maximum absolute atomic E-state index is 12.9. The zero-order valence-corrected chi connectivity index (χ0v) is 19.0. The SMILES string of the molecule is COc1ccc(CCNC(=O)[C@@H]2CCCN(c3nc(C)nc4onc(C)c34)C2)cc1OC. The molecule has 1 aliphatic rings. The summed E-state index contributed by atoms with van der Waals surface area (Å²) < 4.78 is 16.0. The molecule has 1 saturated heterocycles. The van der Waals surface area contributed by atoms with Crippen molar-refractivity contribution in [2.45, 2.75) is 33.1 Å². The van der Waals surface area contributed by atoms with E-state index >= 15 is 0 Å². The number of hydrogen-bond donors (Lipinski definition) is 1. The van der Waals surface area contributed by atoms with Gasteiger partial charge in [0.1, 0.15) is 17.0 Å². The van der Waals surface area contributed by atoms with Crippen LogP contribution in [0.4, 0.5) is 5.82 Å². The van der Waals surface area contributed by atoms with Crippen LogP contribution in [-0.4, -0.2) is 54.9 Å². The molecular weight excluding hydrogens is 410 g/mol. The van der Waals surface area contributed by atoms with Crippen molar-refractivity contribution in [2.24, 2.45) is 5.92 Å². The van der Waals surface area contributed by atoms with Crippen molar-refractivity contribution in [3.63, 3.8) is 0 Å². The van der Waals surface area contributed by atoms with Crippen molar-refractivity contribution in [3.05, 3.63) is 35.3 Å². The predicted molar refractivity (Wildman–Crippen MR) is 120 cm³/mol. The van der Waals surface area contributed by atoms with Crippen molar-refractivity contribution in [3.8, 4) is 11.5 Å². The fourth-order valence-electron chi connectivity index (χ4n) is 4.20. The molecule has 1 fully saturated rings. The van der Waals surface area contributed by atoms with E-state index in [-0.39, 0.29) is 11.8 Å². The largest absolute Gasteiger partial charge is 0.493 e. The molecule has 1 amide bonds. The third-order valence-electron chi connectivity index (χ3n) is 5.85. The van der Waals surface area contributed by atoms with E-state index < -0.39 is 0 Å². The maximum Gasteiger partial charge on any atom is 0.263 e. The molecule has 4 rings (SSSR count). The number of nitrogens with one attached hydrogen (secondary N) is 1. The number of fused-ring (bicyclic) bond motifs is 1. The molecule has 0 saturated carbocycles. The highest BCUT2D eigenvalue weighted by atomic mass is 16.5. The molecule has 9 heteroatoms. The number of nitrogens with zero attached hydrogens (tertiary/aromatic N) is 4. The van der Waals surface area contributed by atoms with E-state index in [9.17, 15) is 4.79 Å². The summed E-state index contributed by atoms with van der Waals surface area (Å²) in [5.74, 6) is 2.78. The molecule has 9 nitrogen and oxygen atoms in total. The molecule has 0 bridgehead atoms. The van der Waals surface area contributed by atoms with Crippen LogP contribution in [-0.2, 0) is 11.2 Å².